The number of anilines is 1. The number of aryl methyl sites for hydroxylation is 2. The fraction of sp³-hybridized carbons (Fsp3) is 0.333. The maximum Gasteiger partial charge on any atom is 0.446 e. The van der Waals surface area contributed by atoms with Crippen molar-refractivity contribution in [1.29, 1.82) is 0 Å². The van der Waals surface area contributed by atoms with Gasteiger partial charge in [0.05, 0.1) is 6.54 Å². The van der Waals surface area contributed by atoms with E-state index in [0.29, 0.717) is 31.7 Å². The number of piperazine rings is 1. The van der Waals surface area contributed by atoms with Gasteiger partial charge < -0.3 is 10.2 Å². The Hall–Kier alpha value is -2.78. The molecule has 33 heavy (non-hydrogen) atoms. The zero-order valence-corrected chi connectivity index (χ0v) is 19.3. The van der Waals surface area contributed by atoms with Crippen LogP contribution in [0.15, 0.2) is 53.4 Å². The highest BCUT2D eigenvalue weighted by Crippen LogP contribution is 2.36. The zero-order valence-electron chi connectivity index (χ0n) is 18.5. The molecule has 0 atom stereocenters. The highest BCUT2D eigenvalue weighted by Gasteiger charge is 2.29. The first-order valence-corrected chi connectivity index (χ1v) is 11.3. The summed E-state index contributed by atoms with van der Waals surface area (Å²) < 4.78 is 37.2. The second kappa shape index (κ2) is 10.9. The molecule has 0 radical (unpaired) electrons. The molecule has 0 aliphatic carbocycles. The van der Waals surface area contributed by atoms with Gasteiger partial charge >= 0.3 is 5.51 Å². The SMILES string of the molecule is Cc1cccc(C)c1NC(=O)CN1CCN(C(=O)/C=C/c2ccc(SC(F)(F)F)cc2)CC1. The second-order valence-corrected chi connectivity index (χ2v) is 9.01. The number of amides is 2. The molecule has 9 heteroatoms. The lowest BCUT2D eigenvalue weighted by molar-refractivity contribution is -0.127. The van der Waals surface area contributed by atoms with Crippen LogP contribution in [0.2, 0.25) is 0 Å². The first-order chi connectivity index (χ1) is 15.6. The van der Waals surface area contributed by atoms with Crippen molar-refractivity contribution in [2.24, 2.45) is 0 Å². The number of carbonyl (C=O) groups excluding carboxylic acids is 2. The summed E-state index contributed by atoms with van der Waals surface area (Å²) in [6.07, 6.45) is 3.02. The Morgan fingerprint density at radius 3 is 2.18 bits per heavy atom. The zero-order chi connectivity index (χ0) is 24.0. The Bertz CT molecular complexity index is 994. The van der Waals surface area contributed by atoms with Crippen molar-refractivity contribution in [3.63, 3.8) is 0 Å². The number of para-hydroxylation sites is 1. The fourth-order valence-corrected chi connectivity index (χ4v) is 4.11. The van der Waals surface area contributed by atoms with E-state index in [1.165, 1.54) is 18.2 Å². The molecule has 0 aromatic heterocycles. The molecule has 1 fully saturated rings. The monoisotopic (exact) mass is 477 g/mol. The number of alkyl halides is 3. The minimum absolute atomic E-state index is 0.0841. The van der Waals surface area contributed by atoms with E-state index in [2.05, 4.69) is 5.32 Å². The van der Waals surface area contributed by atoms with E-state index >= 15 is 0 Å². The number of halogens is 3. The maximum absolute atomic E-state index is 12.5. The van der Waals surface area contributed by atoms with Crippen molar-refractivity contribution in [3.05, 3.63) is 65.2 Å². The molecule has 0 unspecified atom stereocenters. The molecule has 1 aliphatic rings. The standard InChI is InChI=1S/C24H26F3N3O2S/c1-17-4-3-5-18(2)23(17)28-21(31)16-29-12-14-30(15-13-29)22(32)11-8-19-6-9-20(10-7-19)33-24(25,26)27/h3-11H,12-16H2,1-2H3,(H,28,31)/b11-8+. The van der Waals surface area contributed by atoms with Crippen molar-refractivity contribution in [3.8, 4) is 0 Å². The van der Waals surface area contributed by atoms with Crippen molar-refractivity contribution in [2.75, 3.05) is 38.0 Å². The summed E-state index contributed by atoms with van der Waals surface area (Å²) in [5.41, 5.74) is -0.808. The maximum atomic E-state index is 12.5. The summed E-state index contributed by atoms with van der Waals surface area (Å²) in [5.74, 6) is -0.248. The van der Waals surface area contributed by atoms with Gasteiger partial charge in [-0.15, -0.1) is 0 Å². The number of carbonyl (C=O) groups is 2. The molecule has 1 saturated heterocycles. The second-order valence-electron chi connectivity index (χ2n) is 7.87. The highest BCUT2D eigenvalue weighted by atomic mass is 32.2. The van der Waals surface area contributed by atoms with Gasteiger partial charge in [-0.25, -0.2) is 0 Å². The topological polar surface area (TPSA) is 52.7 Å². The van der Waals surface area contributed by atoms with Crippen LogP contribution in [0, 0.1) is 13.8 Å². The van der Waals surface area contributed by atoms with Crippen LogP contribution in [-0.2, 0) is 9.59 Å². The third-order valence-corrected chi connectivity index (χ3v) is 6.07. The van der Waals surface area contributed by atoms with E-state index in [4.69, 9.17) is 0 Å². The largest absolute Gasteiger partial charge is 0.446 e. The molecular weight excluding hydrogens is 451 g/mol. The number of nitrogens with zero attached hydrogens (tertiary/aromatic N) is 2. The molecule has 1 aliphatic heterocycles. The molecule has 5 nitrogen and oxygen atoms in total. The van der Waals surface area contributed by atoms with E-state index in [9.17, 15) is 22.8 Å². The van der Waals surface area contributed by atoms with Gasteiger partial charge in [0.15, 0.2) is 0 Å². The first kappa shape index (κ1) is 24.9. The number of nitrogens with one attached hydrogen (secondary N) is 1. The predicted octanol–water partition coefficient (Wildman–Crippen LogP) is 4.71. The Morgan fingerprint density at radius 1 is 1.00 bits per heavy atom. The number of hydrogen-bond acceptors (Lipinski definition) is 4. The molecule has 0 spiro atoms. The van der Waals surface area contributed by atoms with Crippen molar-refractivity contribution in [1.82, 2.24) is 9.80 Å². The minimum Gasteiger partial charge on any atom is -0.337 e. The van der Waals surface area contributed by atoms with Crippen LogP contribution < -0.4 is 5.32 Å². The van der Waals surface area contributed by atoms with Crippen LogP contribution in [-0.4, -0.2) is 59.8 Å². The number of rotatable bonds is 6. The summed E-state index contributed by atoms with van der Waals surface area (Å²) in [6.45, 7) is 6.34. The van der Waals surface area contributed by atoms with Crippen molar-refractivity contribution >= 4 is 35.3 Å². The molecule has 176 valence electrons. The normalized spacial score (nSPS) is 15.1. The third kappa shape index (κ3) is 7.64. The molecule has 3 rings (SSSR count). The fourth-order valence-electron chi connectivity index (χ4n) is 3.57. The van der Waals surface area contributed by atoms with Crippen LogP contribution in [0.25, 0.3) is 6.08 Å². The number of benzene rings is 2. The summed E-state index contributed by atoms with van der Waals surface area (Å²) in [5, 5.41) is 2.98. The lowest BCUT2D eigenvalue weighted by Crippen LogP contribution is -2.50. The van der Waals surface area contributed by atoms with Gasteiger partial charge in [-0.2, -0.15) is 13.2 Å². The van der Waals surface area contributed by atoms with E-state index in [0.717, 1.165) is 16.8 Å². The van der Waals surface area contributed by atoms with Gasteiger partial charge in [0.1, 0.15) is 0 Å². The van der Waals surface area contributed by atoms with Gasteiger partial charge in [0.2, 0.25) is 11.8 Å². The summed E-state index contributed by atoms with van der Waals surface area (Å²) in [6, 6.07) is 11.7. The Balaban J connectivity index is 1.45. The van der Waals surface area contributed by atoms with Gasteiger partial charge in [0, 0.05) is 42.8 Å². The molecule has 1 N–H and O–H groups in total. The number of hydrogen-bond donors (Lipinski definition) is 1. The average Bonchev–Trinajstić information content (AvgIpc) is 2.75. The molecule has 0 bridgehead atoms. The van der Waals surface area contributed by atoms with E-state index in [1.807, 2.05) is 36.9 Å². The van der Waals surface area contributed by atoms with Gasteiger partial charge in [-0.05, 0) is 60.5 Å². The molecule has 2 aromatic carbocycles. The average molecular weight is 478 g/mol. The summed E-state index contributed by atoms with van der Waals surface area (Å²) in [7, 11) is 0. The van der Waals surface area contributed by atoms with E-state index < -0.39 is 5.51 Å². The number of thioether (sulfide) groups is 1. The predicted molar refractivity (Wildman–Crippen MR) is 125 cm³/mol. The minimum atomic E-state index is -4.32. The van der Waals surface area contributed by atoms with E-state index in [-0.39, 0.29) is 35.0 Å². The van der Waals surface area contributed by atoms with Crippen LogP contribution in [0.5, 0.6) is 0 Å². The molecule has 2 amide bonds. The van der Waals surface area contributed by atoms with Crippen LogP contribution >= 0.6 is 11.8 Å². The van der Waals surface area contributed by atoms with Crippen LogP contribution in [0.3, 0.4) is 0 Å². The molecule has 0 saturated carbocycles. The van der Waals surface area contributed by atoms with E-state index in [1.54, 1.807) is 23.1 Å². The summed E-state index contributed by atoms with van der Waals surface area (Å²) >= 11 is -0.170. The van der Waals surface area contributed by atoms with Crippen molar-refractivity contribution in [2.45, 2.75) is 24.3 Å². The Kier molecular flexibility index (Phi) is 8.20. The lowest BCUT2D eigenvalue weighted by atomic mass is 10.1. The van der Waals surface area contributed by atoms with Gasteiger partial charge in [0.25, 0.3) is 0 Å². The van der Waals surface area contributed by atoms with Crippen LogP contribution in [0.1, 0.15) is 16.7 Å². The summed E-state index contributed by atoms with van der Waals surface area (Å²) in [4.78, 5) is 28.7. The molecule has 2 aromatic rings. The quantitative estimate of drug-likeness (QED) is 0.484. The smallest absolute Gasteiger partial charge is 0.337 e. The van der Waals surface area contributed by atoms with Gasteiger partial charge in [-0.1, -0.05) is 30.3 Å². The molecular formula is C24H26F3N3O2S. The Morgan fingerprint density at radius 2 is 1.61 bits per heavy atom. The van der Waals surface area contributed by atoms with Crippen LogP contribution in [0.4, 0.5) is 18.9 Å². The Labute approximate surface area is 195 Å². The third-order valence-electron chi connectivity index (χ3n) is 5.33. The first-order valence-electron chi connectivity index (χ1n) is 10.5. The van der Waals surface area contributed by atoms with Crippen molar-refractivity contribution < 1.29 is 22.8 Å². The molecule has 1 heterocycles. The van der Waals surface area contributed by atoms with Gasteiger partial charge in [-0.3, -0.25) is 14.5 Å². The lowest BCUT2D eigenvalue weighted by Gasteiger charge is -2.33. The highest BCUT2D eigenvalue weighted by molar-refractivity contribution is 8.00.